The van der Waals surface area contributed by atoms with Gasteiger partial charge < -0.3 is 11.5 Å². The summed E-state index contributed by atoms with van der Waals surface area (Å²) in [5.74, 6) is 0. The summed E-state index contributed by atoms with van der Waals surface area (Å²) >= 11 is 0. The first-order valence-electron chi connectivity index (χ1n) is 2.15. The number of rotatable bonds is 0. The fraction of sp³-hybridized carbons (Fsp3) is 1.00. The number of hydrogen-bond acceptors (Lipinski definition) is 2. The summed E-state index contributed by atoms with van der Waals surface area (Å²) in [6, 6.07) is 0. The van der Waals surface area contributed by atoms with E-state index in [0.717, 1.165) is 0 Å². The zero-order chi connectivity index (χ0) is 6.00. The molecule has 1 atom stereocenters. The van der Waals surface area contributed by atoms with Gasteiger partial charge in [-0.2, -0.15) is 9.90 Å². The maximum atomic E-state index is 4.50. The van der Waals surface area contributed by atoms with Crippen LogP contribution in [-0.2, 0) is 63.2 Å². The molecule has 0 heterocycles. The second-order valence-corrected chi connectivity index (χ2v) is 0. The Morgan fingerprint density at radius 2 is 0.600 bits per heavy atom. The summed E-state index contributed by atoms with van der Waals surface area (Å²) in [7, 11) is 3.00. The summed E-state index contributed by atoms with van der Waals surface area (Å²) in [5.41, 5.74) is 9.00. The van der Waals surface area contributed by atoms with Gasteiger partial charge in [0.25, 0.3) is 0 Å². The normalized spacial score (nSPS) is 1.80. The van der Waals surface area contributed by atoms with Gasteiger partial charge in [-0.15, -0.1) is 0 Å². The quantitative estimate of drug-likeness (QED) is 0.361. The van der Waals surface area contributed by atoms with Crippen molar-refractivity contribution in [2.24, 2.45) is 11.5 Å². The van der Waals surface area contributed by atoms with E-state index < -0.39 is 0 Å². The van der Waals surface area contributed by atoms with Gasteiger partial charge in [-0.3, -0.25) is 0 Å². The predicted octanol–water partition coefficient (Wildman–Crippen LogP) is 0.227. The third-order valence-corrected chi connectivity index (χ3v) is 0. The Morgan fingerprint density at radius 3 is 0.600 bits per heavy atom. The van der Waals surface area contributed by atoms with E-state index in [1.54, 1.807) is 0 Å². The van der Waals surface area contributed by atoms with Crippen molar-refractivity contribution in [2.45, 2.75) is 13.8 Å². The van der Waals surface area contributed by atoms with Crippen LogP contribution in [0.5, 0.6) is 0 Å². The minimum atomic E-state index is 0. The van der Waals surface area contributed by atoms with Crippen molar-refractivity contribution in [3.63, 3.8) is 0 Å². The van der Waals surface area contributed by atoms with E-state index in [9.17, 15) is 0 Å². The van der Waals surface area contributed by atoms with E-state index in [1.807, 2.05) is 13.8 Å². The molecular weight excluding hydrogens is 659 g/mol. The molecule has 0 fully saturated rings. The fourth-order valence-corrected chi connectivity index (χ4v) is 0. The molecule has 0 rings (SSSR count). The molecule has 0 aliphatic carbocycles. The Balaban J connectivity index is -0.00000000225. The third kappa shape index (κ3) is 158. The summed E-state index contributed by atoms with van der Waals surface area (Å²) in [4.78, 5) is 0. The third-order valence-electron chi connectivity index (χ3n) is 0. The van der Waals surface area contributed by atoms with Crippen LogP contribution in [-0.4, -0.2) is 14.1 Å². The van der Waals surface area contributed by atoms with E-state index in [1.165, 1.54) is 14.1 Å². The van der Waals surface area contributed by atoms with Crippen LogP contribution in [0.3, 0.4) is 0 Å². The van der Waals surface area contributed by atoms with Crippen molar-refractivity contribution in [1.29, 1.82) is 0 Å². The van der Waals surface area contributed by atoms with Crippen molar-refractivity contribution in [3.8, 4) is 0 Å². The first kappa shape index (κ1) is 55.2. The molecule has 0 aromatic heterocycles. The fourth-order valence-electron chi connectivity index (χ4n) is 0. The van der Waals surface area contributed by atoms with E-state index in [0.29, 0.717) is 0 Å². The second-order valence-electron chi connectivity index (χ2n) is 0. The van der Waals surface area contributed by atoms with Crippen LogP contribution in [0.4, 0.5) is 0 Å². The number of nitrogens with two attached hydrogens (primary N) is 2. The van der Waals surface area contributed by atoms with Gasteiger partial charge in [-0.05, 0) is 14.1 Å². The molecule has 0 aromatic carbocycles. The van der Waals surface area contributed by atoms with Gasteiger partial charge >= 0.3 is 0 Å². The van der Waals surface area contributed by atoms with Crippen LogP contribution < -0.4 is 11.5 Å². The molecule has 2 nitrogen and oxygen atoms in total. The van der Waals surface area contributed by atoms with E-state index >= 15 is 0 Å². The predicted molar refractivity (Wildman–Crippen MR) is 42.7 cm³/mol. The van der Waals surface area contributed by atoms with Gasteiger partial charge in [-0.1, -0.05) is 13.8 Å². The Kier molecular flexibility index (Phi) is 1170. The SMILES string of the molecule is CC.CN.CN.P.[W].[W].[W]. The molecule has 6 heteroatoms. The molecule has 0 aliphatic heterocycles. The van der Waals surface area contributed by atoms with E-state index in [-0.39, 0.29) is 73.1 Å². The van der Waals surface area contributed by atoms with E-state index in [4.69, 9.17) is 0 Å². The maximum absolute atomic E-state index is 4.50. The van der Waals surface area contributed by atoms with Crippen molar-refractivity contribution in [1.82, 2.24) is 0 Å². The molecule has 0 bridgehead atoms. The zero-order valence-electron chi connectivity index (χ0n) is 7.09. The summed E-state index contributed by atoms with van der Waals surface area (Å²) in [6.07, 6.45) is 0. The molecule has 0 aliphatic rings. The van der Waals surface area contributed by atoms with Crippen molar-refractivity contribution < 1.29 is 63.2 Å². The van der Waals surface area contributed by atoms with Gasteiger partial charge in [-0.25, -0.2) is 0 Å². The summed E-state index contributed by atoms with van der Waals surface area (Å²) in [5, 5.41) is 0. The average molecular weight is 678 g/mol. The van der Waals surface area contributed by atoms with Crippen LogP contribution in [0.1, 0.15) is 13.8 Å². The first-order chi connectivity index (χ1) is 3.00. The van der Waals surface area contributed by atoms with Gasteiger partial charge in [0.2, 0.25) is 0 Å². The first-order valence-corrected chi connectivity index (χ1v) is 2.15. The minimum absolute atomic E-state index is 0. The molecule has 0 radical (unpaired) electrons. The van der Waals surface area contributed by atoms with Crippen molar-refractivity contribution in [3.05, 3.63) is 0 Å². The topological polar surface area (TPSA) is 52.0 Å². The molecule has 0 spiro atoms. The van der Waals surface area contributed by atoms with Crippen molar-refractivity contribution in [2.75, 3.05) is 14.1 Å². The Hall–Kier alpha value is 2.41. The molecule has 10 heavy (non-hydrogen) atoms. The van der Waals surface area contributed by atoms with Crippen LogP contribution in [0.15, 0.2) is 0 Å². The van der Waals surface area contributed by atoms with Crippen LogP contribution >= 0.6 is 9.90 Å². The van der Waals surface area contributed by atoms with Crippen LogP contribution in [0.25, 0.3) is 0 Å². The molecule has 68 valence electrons. The standard InChI is InChI=1S/C2H6.2CH5N.H3P.3W/c3*1-2;;;;/h1-2H3;2*2H2,1H3;1H3;;;. The molecule has 0 aromatic rings. The van der Waals surface area contributed by atoms with Gasteiger partial charge in [0, 0.05) is 63.2 Å². The molecule has 0 saturated heterocycles. The van der Waals surface area contributed by atoms with E-state index in [2.05, 4.69) is 11.5 Å². The zero-order valence-corrected chi connectivity index (χ0v) is 17.3. The molecule has 1 unspecified atom stereocenters. The molecule has 0 saturated carbocycles. The molecule has 0 amide bonds. The van der Waals surface area contributed by atoms with Crippen LogP contribution in [0.2, 0.25) is 0 Å². The monoisotopic (exact) mass is 678 g/mol. The van der Waals surface area contributed by atoms with Gasteiger partial charge in [0.1, 0.15) is 0 Å². The average Bonchev–Trinajstić information content (AvgIpc) is 1.81. The van der Waals surface area contributed by atoms with Crippen LogP contribution in [0, 0.1) is 0 Å². The minimum Gasteiger partial charge on any atom is -0.333 e. The van der Waals surface area contributed by atoms with Crippen molar-refractivity contribution >= 4 is 9.90 Å². The Morgan fingerprint density at radius 1 is 0.600 bits per heavy atom. The maximum Gasteiger partial charge on any atom is 0 e. The molecule has 4 N–H and O–H groups in total. The molecular formula is C4H19N2PW3. The Labute approximate surface area is 111 Å². The number of hydrogen-bond donors (Lipinski definition) is 2. The second kappa shape index (κ2) is 212. The van der Waals surface area contributed by atoms with Gasteiger partial charge in [0.05, 0.1) is 0 Å². The Bertz CT molecular complexity index is 18.5. The summed E-state index contributed by atoms with van der Waals surface area (Å²) < 4.78 is 0. The largest absolute Gasteiger partial charge is 0.333 e. The van der Waals surface area contributed by atoms with Gasteiger partial charge in [0.15, 0.2) is 0 Å². The summed E-state index contributed by atoms with van der Waals surface area (Å²) in [6.45, 7) is 4.00. The smallest absolute Gasteiger partial charge is 0 e.